The maximum absolute atomic E-state index is 13.2. The highest BCUT2D eigenvalue weighted by Crippen LogP contribution is 2.54. The zero-order valence-electron chi connectivity index (χ0n) is 17.0. The third-order valence-electron chi connectivity index (χ3n) is 5.62. The van der Waals surface area contributed by atoms with E-state index in [0.717, 1.165) is 11.1 Å². The van der Waals surface area contributed by atoms with Crippen molar-refractivity contribution in [3.8, 4) is 0 Å². The number of hydrogen-bond donors (Lipinski definition) is 0. The van der Waals surface area contributed by atoms with E-state index in [0.29, 0.717) is 34.2 Å². The quantitative estimate of drug-likeness (QED) is 0.557. The molecule has 4 nitrogen and oxygen atoms in total. The predicted molar refractivity (Wildman–Crippen MR) is 115 cm³/mol. The second-order valence-electron chi connectivity index (χ2n) is 8.62. The predicted octanol–water partition coefficient (Wildman–Crippen LogP) is 5.84. The molecular weight excluding hydrogens is 423 g/mol. The number of esters is 1. The first-order chi connectivity index (χ1) is 14.1. The Hall–Kier alpha value is -2.30. The third kappa shape index (κ3) is 3.52. The van der Waals surface area contributed by atoms with Crippen molar-refractivity contribution in [2.24, 2.45) is 5.41 Å². The van der Waals surface area contributed by atoms with Crippen molar-refractivity contribution in [3.05, 3.63) is 81.0 Å². The van der Waals surface area contributed by atoms with Crippen molar-refractivity contribution in [1.29, 1.82) is 0 Å². The molecule has 30 heavy (non-hydrogen) atoms. The van der Waals surface area contributed by atoms with E-state index in [-0.39, 0.29) is 11.2 Å². The van der Waals surface area contributed by atoms with Crippen LogP contribution in [0.2, 0.25) is 10.0 Å². The van der Waals surface area contributed by atoms with Gasteiger partial charge >= 0.3 is 5.97 Å². The molecule has 1 aliphatic heterocycles. The summed E-state index contributed by atoms with van der Waals surface area (Å²) in [6, 6.07) is 14.4. The van der Waals surface area contributed by atoms with E-state index in [1.165, 1.54) is 6.92 Å². The molecule has 4 rings (SSSR count). The van der Waals surface area contributed by atoms with Gasteiger partial charge in [-0.25, -0.2) is 0 Å². The van der Waals surface area contributed by atoms with Crippen molar-refractivity contribution < 1.29 is 19.1 Å². The van der Waals surface area contributed by atoms with Crippen molar-refractivity contribution in [1.82, 2.24) is 0 Å². The lowest BCUT2D eigenvalue weighted by molar-refractivity contribution is -0.153. The van der Waals surface area contributed by atoms with E-state index in [9.17, 15) is 9.59 Å². The van der Waals surface area contributed by atoms with Gasteiger partial charge in [0.15, 0.2) is 17.5 Å². The standard InChI is InChI=1S/C24H22Cl2O4/c1-14(27)29-22-21-19(28)12-23(2,3)13-20(21)30-24(22,15-4-8-17(25)9-5-15)16-6-10-18(26)11-7-16/h4-11,22H,12-13H2,1-3H3. The van der Waals surface area contributed by atoms with Gasteiger partial charge in [0, 0.05) is 40.9 Å². The van der Waals surface area contributed by atoms with Crippen LogP contribution >= 0.6 is 23.2 Å². The van der Waals surface area contributed by atoms with Gasteiger partial charge in [-0.2, -0.15) is 0 Å². The molecule has 1 unspecified atom stereocenters. The van der Waals surface area contributed by atoms with Crippen LogP contribution in [0.4, 0.5) is 0 Å². The van der Waals surface area contributed by atoms with Crippen molar-refractivity contribution in [3.63, 3.8) is 0 Å². The number of hydrogen-bond acceptors (Lipinski definition) is 4. The van der Waals surface area contributed by atoms with Gasteiger partial charge in [-0.15, -0.1) is 0 Å². The largest absolute Gasteiger partial charge is 0.477 e. The van der Waals surface area contributed by atoms with E-state index in [2.05, 4.69) is 0 Å². The number of Topliss-reactive ketones (excluding diaryl/α,β-unsaturated/α-hetero) is 1. The lowest BCUT2D eigenvalue weighted by atomic mass is 9.73. The van der Waals surface area contributed by atoms with Gasteiger partial charge in [-0.05, 0) is 29.7 Å². The smallest absolute Gasteiger partial charge is 0.303 e. The van der Waals surface area contributed by atoms with Gasteiger partial charge in [0.1, 0.15) is 5.76 Å². The van der Waals surface area contributed by atoms with Gasteiger partial charge in [0.25, 0.3) is 0 Å². The number of ether oxygens (including phenoxy) is 2. The van der Waals surface area contributed by atoms with E-state index in [4.69, 9.17) is 32.7 Å². The van der Waals surface area contributed by atoms with Crippen LogP contribution in [0.1, 0.15) is 44.7 Å². The highest BCUT2D eigenvalue weighted by Gasteiger charge is 2.58. The Labute approximate surface area is 185 Å². The SMILES string of the molecule is CC(=O)OC1C2=C(CC(C)(C)CC2=O)OC1(c1ccc(Cl)cc1)c1ccc(Cl)cc1. The van der Waals surface area contributed by atoms with Crippen LogP contribution in [-0.2, 0) is 24.7 Å². The fourth-order valence-corrected chi connectivity index (χ4v) is 4.65. The molecule has 0 N–H and O–H groups in total. The molecule has 2 aliphatic rings. The molecule has 0 spiro atoms. The molecule has 0 bridgehead atoms. The summed E-state index contributed by atoms with van der Waals surface area (Å²) in [4.78, 5) is 25.3. The van der Waals surface area contributed by atoms with E-state index in [1.807, 2.05) is 38.1 Å². The second kappa shape index (κ2) is 7.44. The molecule has 0 aromatic heterocycles. The van der Waals surface area contributed by atoms with Crippen LogP contribution in [0.15, 0.2) is 59.9 Å². The van der Waals surface area contributed by atoms with Gasteiger partial charge in [0.05, 0.1) is 5.57 Å². The molecule has 0 saturated carbocycles. The Bertz CT molecular complexity index is 990. The molecule has 156 valence electrons. The first kappa shape index (κ1) is 21.0. The Kier molecular flexibility index (Phi) is 5.19. The zero-order valence-corrected chi connectivity index (χ0v) is 18.5. The molecular formula is C24H22Cl2O4. The second-order valence-corrected chi connectivity index (χ2v) is 9.49. The summed E-state index contributed by atoms with van der Waals surface area (Å²) < 4.78 is 12.4. The number of carbonyl (C=O) groups excluding carboxylic acids is 2. The summed E-state index contributed by atoms with van der Waals surface area (Å²) in [5, 5.41) is 1.14. The molecule has 1 aliphatic carbocycles. The molecule has 1 atom stereocenters. The Morgan fingerprint density at radius 1 is 0.967 bits per heavy atom. The maximum Gasteiger partial charge on any atom is 0.303 e. The molecule has 0 amide bonds. The first-order valence-corrected chi connectivity index (χ1v) is 10.5. The lowest BCUT2D eigenvalue weighted by Crippen LogP contribution is -2.43. The number of carbonyl (C=O) groups is 2. The van der Waals surface area contributed by atoms with E-state index < -0.39 is 17.7 Å². The van der Waals surface area contributed by atoms with Gasteiger partial charge in [-0.1, -0.05) is 61.3 Å². The average molecular weight is 445 g/mol. The van der Waals surface area contributed by atoms with Crippen LogP contribution in [-0.4, -0.2) is 17.9 Å². The summed E-state index contributed by atoms with van der Waals surface area (Å²) in [5.74, 6) is 0.0342. The number of allylic oxidation sites excluding steroid dienone is 1. The van der Waals surface area contributed by atoms with E-state index >= 15 is 0 Å². The first-order valence-electron chi connectivity index (χ1n) is 9.77. The summed E-state index contributed by atoms with van der Waals surface area (Å²) in [6.45, 7) is 5.40. The minimum absolute atomic E-state index is 0.0581. The number of rotatable bonds is 3. The number of benzene rings is 2. The van der Waals surface area contributed by atoms with Crippen LogP contribution in [0.25, 0.3) is 0 Å². The molecule has 0 fully saturated rings. The fourth-order valence-electron chi connectivity index (χ4n) is 4.40. The molecule has 2 aromatic rings. The van der Waals surface area contributed by atoms with Crippen LogP contribution in [0.3, 0.4) is 0 Å². The molecule has 0 radical (unpaired) electrons. The van der Waals surface area contributed by atoms with Crippen molar-refractivity contribution >= 4 is 35.0 Å². The van der Waals surface area contributed by atoms with Crippen molar-refractivity contribution in [2.75, 3.05) is 0 Å². The van der Waals surface area contributed by atoms with Gasteiger partial charge in [-0.3, -0.25) is 9.59 Å². The molecule has 6 heteroatoms. The molecule has 0 saturated heterocycles. The topological polar surface area (TPSA) is 52.6 Å². The minimum atomic E-state index is -1.21. The van der Waals surface area contributed by atoms with Crippen LogP contribution < -0.4 is 0 Å². The monoisotopic (exact) mass is 444 g/mol. The third-order valence-corrected chi connectivity index (χ3v) is 6.13. The van der Waals surface area contributed by atoms with Gasteiger partial charge < -0.3 is 9.47 Å². The number of ketones is 1. The summed E-state index contributed by atoms with van der Waals surface area (Å²) in [6.07, 6.45) is 0.0370. The Morgan fingerprint density at radius 2 is 1.47 bits per heavy atom. The minimum Gasteiger partial charge on any atom is -0.477 e. The summed E-state index contributed by atoms with van der Waals surface area (Å²) >= 11 is 12.3. The van der Waals surface area contributed by atoms with Gasteiger partial charge in [0.2, 0.25) is 0 Å². The normalized spacial score (nSPS) is 21.8. The zero-order chi connectivity index (χ0) is 21.7. The maximum atomic E-state index is 13.2. The number of halogens is 2. The summed E-state index contributed by atoms with van der Waals surface area (Å²) in [7, 11) is 0. The highest BCUT2D eigenvalue weighted by molar-refractivity contribution is 6.30. The van der Waals surface area contributed by atoms with Crippen LogP contribution in [0.5, 0.6) is 0 Å². The molecule has 1 heterocycles. The van der Waals surface area contributed by atoms with E-state index in [1.54, 1.807) is 24.3 Å². The molecule has 2 aromatic carbocycles. The Morgan fingerprint density at radius 3 is 1.93 bits per heavy atom. The fraction of sp³-hybridized carbons (Fsp3) is 0.333. The van der Waals surface area contributed by atoms with Crippen LogP contribution in [0, 0.1) is 5.41 Å². The Balaban J connectivity index is 1.96. The lowest BCUT2D eigenvalue weighted by Gasteiger charge is -2.36. The average Bonchev–Trinajstić information content (AvgIpc) is 2.96. The highest BCUT2D eigenvalue weighted by atomic mass is 35.5. The summed E-state index contributed by atoms with van der Waals surface area (Å²) in [5.41, 5.74) is 0.462. The van der Waals surface area contributed by atoms with Crippen molar-refractivity contribution in [2.45, 2.75) is 45.3 Å².